The van der Waals surface area contributed by atoms with Gasteiger partial charge in [0.1, 0.15) is 5.82 Å². The van der Waals surface area contributed by atoms with Crippen molar-refractivity contribution in [3.63, 3.8) is 0 Å². The SMILES string of the molecule is CNC(=O)c1ccc(CN2C[C@H](OC)C[C@H]2c2nnc3n2CCC3)cc1. The van der Waals surface area contributed by atoms with Crippen molar-refractivity contribution in [3.05, 3.63) is 47.0 Å². The highest BCUT2D eigenvalue weighted by Crippen LogP contribution is 2.35. The number of hydrogen-bond acceptors (Lipinski definition) is 5. The second-order valence-electron chi connectivity index (χ2n) is 7.04. The number of methoxy groups -OCH3 is 1. The summed E-state index contributed by atoms with van der Waals surface area (Å²) in [6, 6.07) is 8.02. The number of carbonyl (C=O) groups is 1. The summed E-state index contributed by atoms with van der Waals surface area (Å²) in [5.74, 6) is 2.11. The molecule has 7 heteroatoms. The lowest BCUT2D eigenvalue weighted by molar-refractivity contribution is 0.0963. The van der Waals surface area contributed by atoms with E-state index in [2.05, 4.69) is 25.0 Å². The molecule has 1 aromatic carbocycles. The summed E-state index contributed by atoms with van der Waals surface area (Å²) in [5.41, 5.74) is 1.86. The van der Waals surface area contributed by atoms with E-state index in [1.165, 1.54) is 5.56 Å². The first-order valence-electron chi connectivity index (χ1n) is 9.19. The number of nitrogens with one attached hydrogen (secondary N) is 1. The first-order chi connectivity index (χ1) is 12.7. The van der Waals surface area contributed by atoms with E-state index in [1.54, 1.807) is 14.2 Å². The molecule has 26 heavy (non-hydrogen) atoms. The second-order valence-corrected chi connectivity index (χ2v) is 7.04. The fourth-order valence-electron chi connectivity index (χ4n) is 4.04. The van der Waals surface area contributed by atoms with Gasteiger partial charge < -0.3 is 14.6 Å². The van der Waals surface area contributed by atoms with E-state index in [1.807, 2.05) is 24.3 Å². The molecule has 1 amide bonds. The summed E-state index contributed by atoms with van der Waals surface area (Å²) >= 11 is 0. The van der Waals surface area contributed by atoms with Gasteiger partial charge in [-0.15, -0.1) is 10.2 Å². The van der Waals surface area contributed by atoms with Crippen LogP contribution in [0.4, 0.5) is 0 Å². The fourth-order valence-corrected chi connectivity index (χ4v) is 4.04. The normalized spacial score (nSPS) is 22.5. The van der Waals surface area contributed by atoms with Crippen LogP contribution in [0.3, 0.4) is 0 Å². The zero-order valence-corrected chi connectivity index (χ0v) is 15.3. The molecule has 138 valence electrons. The summed E-state index contributed by atoms with van der Waals surface area (Å²) in [7, 11) is 3.42. The van der Waals surface area contributed by atoms with Crippen molar-refractivity contribution in [1.82, 2.24) is 25.0 Å². The average molecular weight is 355 g/mol. The molecule has 2 aromatic rings. The van der Waals surface area contributed by atoms with E-state index < -0.39 is 0 Å². The van der Waals surface area contributed by atoms with Crippen LogP contribution in [0.1, 0.15) is 46.5 Å². The molecule has 0 bridgehead atoms. The highest BCUT2D eigenvalue weighted by molar-refractivity contribution is 5.93. The van der Waals surface area contributed by atoms with Crippen LogP contribution in [0.25, 0.3) is 0 Å². The van der Waals surface area contributed by atoms with Gasteiger partial charge in [0.15, 0.2) is 5.82 Å². The monoisotopic (exact) mass is 355 g/mol. The number of carbonyl (C=O) groups excluding carboxylic acids is 1. The zero-order valence-electron chi connectivity index (χ0n) is 15.3. The maximum absolute atomic E-state index is 11.7. The Kier molecular flexibility index (Phi) is 4.74. The molecule has 0 spiro atoms. The van der Waals surface area contributed by atoms with Crippen LogP contribution in [0, 0.1) is 0 Å². The molecule has 0 radical (unpaired) electrons. The summed E-state index contributed by atoms with van der Waals surface area (Å²) in [4.78, 5) is 14.1. The summed E-state index contributed by atoms with van der Waals surface area (Å²) < 4.78 is 7.92. The lowest BCUT2D eigenvalue weighted by Crippen LogP contribution is -2.26. The van der Waals surface area contributed by atoms with Crippen molar-refractivity contribution < 1.29 is 9.53 Å². The lowest BCUT2D eigenvalue weighted by atomic mass is 10.1. The molecule has 7 nitrogen and oxygen atoms in total. The third kappa shape index (κ3) is 3.12. The summed E-state index contributed by atoms with van der Waals surface area (Å²) in [6.07, 6.45) is 3.32. The van der Waals surface area contributed by atoms with Gasteiger partial charge in [-0.2, -0.15) is 0 Å². The van der Waals surface area contributed by atoms with Gasteiger partial charge in [0.05, 0.1) is 12.1 Å². The molecule has 1 fully saturated rings. The largest absolute Gasteiger partial charge is 0.380 e. The van der Waals surface area contributed by atoms with Gasteiger partial charge >= 0.3 is 0 Å². The number of fused-ring (bicyclic) bond motifs is 1. The second kappa shape index (κ2) is 7.17. The Bertz CT molecular complexity index is 786. The van der Waals surface area contributed by atoms with E-state index in [0.717, 1.165) is 50.5 Å². The Hall–Kier alpha value is -2.25. The van der Waals surface area contributed by atoms with Crippen LogP contribution < -0.4 is 5.32 Å². The number of hydrogen-bond donors (Lipinski definition) is 1. The molecule has 0 saturated carbocycles. The summed E-state index contributed by atoms with van der Waals surface area (Å²) in [5, 5.41) is 11.5. The van der Waals surface area contributed by atoms with E-state index in [0.29, 0.717) is 5.56 Å². The van der Waals surface area contributed by atoms with Crippen LogP contribution in [-0.2, 0) is 24.2 Å². The third-order valence-electron chi connectivity index (χ3n) is 5.46. The van der Waals surface area contributed by atoms with Gasteiger partial charge in [-0.05, 0) is 30.5 Å². The van der Waals surface area contributed by atoms with Crippen molar-refractivity contribution in [3.8, 4) is 0 Å². The minimum absolute atomic E-state index is 0.0610. The van der Waals surface area contributed by atoms with Gasteiger partial charge in [-0.1, -0.05) is 12.1 Å². The molecular formula is C19H25N5O2. The Balaban J connectivity index is 1.54. The first kappa shape index (κ1) is 17.2. The quantitative estimate of drug-likeness (QED) is 0.881. The van der Waals surface area contributed by atoms with Gasteiger partial charge in [-0.25, -0.2) is 0 Å². The van der Waals surface area contributed by atoms with Crippen LogP contribution in [0.5, 0.6) is 0 Å². The third-order valence-corrected chi connectivity index (χ3v) is 5.46. The van der Waals surface area contributed by atoms with Crippen LogP contribution in [0.2, 0.25) is 0 Å². The predicted octanol–water partition coefficient (Wildman–Crippen LogP) is 1.55. The Morgan fingerprint density at radius 3 is 2.85 bits per heavy atom. The first-order valence-corrected chi connectivity index (χ1v) is 9.19. The van der Waals surface area contributed by atoms with Crippen molar-refractivity contribution in [2.24, 2.45) is 0 Å². The molecule has 2 atom stereocenters. The highest BCUT2D eigenvalue weighted by atomic mass is 16.5. The number of likely N-dealkylation sites (tertiary alicyclic amines) is 1. The van der Waals surface area contributed by atoms with Crippen molar-refractivity contribution in [2.45, 2.75) is 44.5 Å². The smallest absolute Gasteiger partial charge is 0.251 e. The van der Waals surface area contributed by atoms with Gasteiger partial charge in [-0.3, -0.25) is 9.69 Å². The van der Waals surface area contributed by atoms with Crippen LogP contribution in [-0.4, -0.2) is 52.4 Å². The molecule has 3 heterocycles. The van der Waals surface area contributed by atoms with Gasteiger partial charge in [0.2, 0.25) is 0 Å². The minimum Gasteiger partial charge on any atom is -0.380 e. The van der Waals surface area contributed by atoms with E-state index in [9.17, 15) is 4.79 Å². The average Bonchev–Trinajstić information content (AvgIpc) is 3.37. The number of ether oxygens (including phenoxy) is 1. The summed E-state index contributed by atoms with van der Waals surface area (Å²) in [6.45, 7) is 2.70. The maximum atomic E-state index is 11.7. The molecule has 0 aliphatic carbocycles. The van der Waals surface area contributed by atoms with Crippen molar-refractivity contribution in [2.75, 3.05) is 20.7 Å². The lowest BCUT2D eigenvalue weighted by Gasteiger charge is -2.23. The van der Waals surface area contributed by atoms with Crippen LogP contribution in [0.15, 0.2) is 24.3 Å². The standard InChI is InChI=1S/C19H25N5O2/c1-20-19(25)14-7-5-13(6-8-14)11-23-12-15(26-2)10-16(23)18-22-21-17-4-3-9-24(17)18/h5-8,15-16H,3-4,9-12H2,1-2H3,(H,20,25)/t15-,16+/m1/s1. The molecule has 1 aromatic heterocycles. The predicted molar refractivity (Wildman–Crippen MR) is 96.7 cm³/mol. The van der Waals surface area contributed by atoms with E-state index in [-0.39, 0.29) is 18.1 Å². The van der Waals surface area contributed by atoms with Crippen molar-refractivity contribution in [1.29, 1.82) is 0 Å². The van der Waals surface area contributed by atoms with E-state index in [4.69, 9.17) is 4.74 Å². The highest BCUT2D eigenvalue weighted by Gasteiger charge is 2.37. The minimum atomic E-state index is -0.0610. The number of amides is 1. The Labute approximate surface area is 153 Å². The van der Waals surface area contributed by atoms with E-state index >= 15 is 0 Å². The number of benzene rings is 1. The van der Waals surface area contributed by atoms with Crippen LogP contribution >= 0.6 is 0 Å². The Morgan fingerprint density at radius 2 is 2.12 bits per heavy atom. The number of aromatic nitrogens is 3. The molecule has 0 unspecified atom stereocenters. The zero-order chi connectivity index (χ0) is 18.1. The number of aryl methyl sites for hydroxylation is 1. The molecule has 1 N–H and O–H groups in total. The maximum Gasteiger partial charge on any atom is 0.251 e. The topological polar surface area (TPSA) is 72.3 Å². The number of rotatable bonds is 5. The number of nitrogens with zero attached hydrogens (tertiary/aromatic N) is 4. The molecule has 2 aliphatic rings. The molecule has 2 aliphatic heterocycles. The van der Waals surface area contributed by atoms with Gasteiger partial charge in [0, 0.05) is 45.8 Å². The molecule has 1 saturated heterocycles. The Morgan fingerprint density at radius 1 is 1.31 bits per heavy atom. The molecule has 4 rings (SSSR count). The fraction of sp³-hybridized carbons (Fsp3) is 0.526. The molecular weight excluding hydrogens is 330 g/mol. The van der Waals surface area contributed by atoms with Gasteiger partial charge in [0.25, 0.3) is 5.91 Å². The van der Waals surface area contributed by atoms with Crippen molar-refractivity contribution >= 4 is 5.91 Å².